The van der Waals surface area contributed by atoms with Crippen LogP contribution in [0.5, 0.6) is 0 Å². The molecule has 0 aromatic heterocycles. The lowest BCUT2D eigenvalue weighted by atomic mass is 9.33. The van der Waals surface area contributed by atoms with Gasteiger partial charge in [-0.3, -0.25) is 9.59 Å². The average molecular weight is 487 g/mol. The minimum absolute atomic E-state index is 0.0158. The van der Waals surface area contributed by atoms with Crippen LogP contribution >= 0.6 is 0 Å². The maximum atomic E-state index is 13.0. The fraction of sp³-hybridized carbons (Fsp3) is 0.867. The first-order valence-electron chi connectivity index (χ1n) is 13.9. The molecule has 35 heavy (non-hydrogen) atoms. The summed E-state index contributed by atoms with van der Waals surface area (Å²) in [6, 6.07) is 0. The summed E-state index contributed by atoms with van der Waals surface area (Å²) < 4.78 is 0. The lowest BCUT2D eigenvalue weighted by Gasteiger charge is -2.71. The molecule has 0 heterocycles. The maximum Gasteiger partial charge on any atom is 0.310 e. The maximum absolute atomic E-state index is 13.0. The van der Waals surface area contributed by atoms with Crippen LogP contribution in [0.15, 0.2) is 11.6 Å². The zero-order valence-corrected chi connectivity index (χ0v) is 22.8. The van der Waals surface area contributed by atoms with E-state index in [2.05, 4.69) is 33.8 Å². The Labute approximate surface area is 210 Å². The van der Waals surface area contributed by atoms with Gasteiger partial charge in [-0.05, 0) is 92.3 Å². The molecule has 5 rings (SSSR count). The molecule has 10 atom stereocenters. The molecule has 3 N–H and O–H groups in total. The topological polar surface area (TPSA) is 94.8 Å². The summed E-state index contributed by atoms with van der Waals surface area (Å²) in [6.07, 6.45) is 7.42. The minimum Gasteiger partial charge on any atom is -0.481 e. The standard InChI is InChI=1S/C30H46O5/c1-17-10-13-30(24(33)34)15-14-27(5)18(22(30)29(17,7)35)8-9-21-26(4)16-19(31)23(32)25(2,3)20(26)11-12-28(21,27)6/h8,17,19-22,31,35H,9-16H2,1-7H3,(H,33,34)/t17-,19+,20+,21-,22+,26-,27-,28+,29+,30+/m1/s1. The molecule has 0 saturated heterocycles. The highest BCUT2D eigenvalue weighted by Crippen LogP contribution is 2.75. The van der Waals surface area contributed by atoms with Gasteiger partial charge in [0.15, 0.2) is 5.78 Å². The molecule has 4 fully saturated rings. The second-order valence-electron chi connectivity index (χ2n) is 14.7. The third kappa shape index (κ3) is 2.83. The predicted octanol–water partition coefficient (Wildman–Crippen LogP) is 5.38. The summed E-state index contributed by atoms with van der Waals surface area (Å²) in [6.45, 7) is 15.0. The van der Waals surface area contributed by atoms with Gasteiger partial charge >= 0.3 is 5.97 Å². The molecule has 5 aliphatic rings. The molecular formula is C30H46O5. The van der Waals surface area contributed by atoms with Gasteiger partial charge in [0.25, 0.3) is 0 Å². The molecule has 0 amide bonds. The molecule has 0 radical (unpaired) electrons. The predicted molar refractivity (Wildman–Crippen MR) is 134 cm³/mol. The zero-order chi connectivity index (χ0) is 26.0. The van der Waals surface area contributed by atoms with E-state index >= 15 is 0 Å². The van der Waals surface area contributed by atoms with E-state index in [9.17, 15) is 24.9 Å². The number of ketones is 1. The molecule has 196 valence electrons. The van der Waals surface area contributed by atoms with Crippen molar-refractivity contribution in [1.29, 1.82) is 0 Å². The second kappa shape index (κ2) is 7.22. The molecule has 5 aliphatic carbocycles. The number of hydrogen-bond acceptors (Lipinski definition) is 4. The van der Waals surface area contributed by atoms with Crippen molar-refractivity contribution in [2.24, 2.45) is 50.7 Å². The molecule has 4 saturated carbocycles. The number of carbonyl (C=O) groups excluding carboxylic acids is 1. The molecule has 0 bridgehead atoms. The number of carbonyl (C=O) groups is 2. The highest BCUT2D eigenvalue weighted by Gasteiger charge is 2.71. The largest absolute Gasteiger partial charge is 0.481 e. The molecule has 0 aromatic rings. The average Bonchev–Trinajstić information content (AvgIpc) is 2.75. The normalized spacial score (nSPS) is 55.1. The van der Waals surface area contributed by atoms with E-state index in [4.69, 9.17) is 0 Å². The number of aliphatic hydroxyl groups is 2. The Balaban J connectivity index is 1.65. The Bertz CT molecular complexity index is 995. The van der Waals surface area contributed by atoms with Crippen LogP contribution in [0.1, 0.15) is 99.8 Å². The van der Waals surface area contributed by atoms with E-state index in [1.165, 1.54) is 5.57 Å². The van der Waals surface area contributed by atoms with Crippen molar-refractivity contribution < 1.29 is 24.9 Å². The number of carboxylic acid groups (broad SMARTS) is 1. The quantitative estimate of drug-likeness (QED) is 0.432. The summed E-state index contributed by atoms with van der Waals surface area (Å²) in [4.78, 5) is 25.8. The Morgan fingerprint density at radius 2 is 1.63 bits per heavy atom. The fourth-order valence-corrected chi connectivity index (χ4v) is 10.8. The molecule has 0 unspecified atom stereocenters. The van der Waals surface area contributed by atoms with E-state index in [1.54, 1.807) is 0 Å². The number of Topliss-reactive ketones (excluding diaryl/α,β-unsaturated/α-hetero) is 1. The monoisotopic (exact) mass is 486 g/mol. The summed E-state index contributed by atoms with van der Waals surface area (Å²) in [5.41, 5.74) is -1.81. The first kappa shape index (κ1) is 25.4. The summed E-state index contributed by atoms with van der Waals surface area (Å²) >= 11 is 0. The summed E-state index contributed by atoms with van der Waals surface area (Å²) in [5.74, 6) is -0.584. The van der Waals surface area contributed by atoms with Crippen LogP contribution < -0.4 is 0 Å². The van der Waals surface area contributed by atoms with Gasteiger partial charge in [-0.15, -0.1) is 0 Å². The lowest BCUT2D eigenvalue weighted by Crippen LogP contribution is -2.68. The van der Waals surface area contributed by atoms with Crippen LogP contribution in [0.3, 0.4) is 0 Å². The van der Waals surface area contributed by atoms with Crippen molar-refractivity contribution in [2.45, 2.75) is 112 Å². The Hall–Kier alpha value is -1.20. The molecule has 5 nitrogen and oxygen atoms in total. The van der Waals surface area contributed by atoms with Crippen molar-refractivity contribution >= 4 is 11.8 Å². The van der Waals surface area contributed by atoms with Crippen molar-refractivity contribution in [1.82, 2.24) is 0 Å². The third-order valence-corrected chi connectivity index (χ3v) is 13.2. The van der Waals surface area contributed by atoms with Gasteiger partial charge in [-0.25, -0.2) is 0 Å². The molecule has 0 spiro atoms. The number of fused-ring (bicyclic) bond motifs is 7. The van der Waals surface area contributed by atoms with Crippen LogP contribution in [0.4, 0.5) is 0 Å². The van der Waals surface area contributed by atoms with Crippen molar-refractivity contribution in [3.63, 3.8) is 0 Å². The van der Waals surface area contributed by atoms with E-state index in [0.717, 1.165) is 32.1 Å². The zero-order valence-electron chi connectivity index (χ0n) is 22.8. The van der Waals surface area contributed by atoms with Gasteiger partial charge in [0.2, 0.25) is 0 Å². The Morgan fingerprint density at radius 3 is 2.26 bits per heavy atom. The van der Waals surface area contributed by atoms with Gasteiger partial charge in [0.05, 0.1) is 11.0 Å². The van der Waals surface area contributed by atoms with Crippen LogP contribution in [0.2, 0.25) is 0 Å². The number of carboxylic acids is 1. The van der Waals surface area contributed by atoms with Crippen LogP contribution in [0, 0.1) is 50.7 Å². The number of hydrogen-bond donors (Lipinski definition) is 3. The molecule has 5 heteroatoms. The van der Waals surface area contributed by atoms with Crippen LogP contribution in [0.25, 0.3) is 0 Å². The fourth-order valence-electron chi connectivity index (χ4n) is 10.8. The van der Waals surface area contributed by atoms with Gasteiger partial charge in [0.1, 0.15) is 6.10 Å². The van der Waals surface area contributed by atoms with Gasteiger partial charge in [-0.1, -0.05) is 53.2 Å². The second-order valence-corrected chi connectivity index (χ2v) is 14.7. The van der Waals surface area contributed by atoms with Crippen LogP contribution in [-0.2, 0) is 9.59 Å². The van der Waals surface area contributed by atoms with Crippen molar-refractivity contribution in [3.8, 4) is 0 Å². The lowest BCUT2D eigenvalue weighted by molar-refractivity contribution is -0.213. The van der Waals surface area contributed by atoms with Gasteiger partial charge < -0.3 is 15.3 Å². The highest BCUT2D eigenvalue weighted by molar-refractivity contribution is 5.89. The Kier molecular flexibility index (Phi) is 5.25. The van der Waals surface area contributed by atoms with Gasteiger partial charge in [0, 0.05) is 11.3 Å². The number of rotatable bonds is 1. The third-order valence-electron chi connectivity index (χ3n) is 13.2. The summed E-state index contributed by atoms with van der Waals surface area (Å²) in [5, 5.41) is 33.3. The van der Waals surface area contributed by atoms with Crippen LogP contribution in [-0.4, -0.2) is 38.8 Å². The molecule has 0 aromatic carbocycles. The van der Waals surface area contributed by atoms with E-state index < -0.39 is 28.5 Å². The number of allylic oxidation sites excluding steroid dienone is 1. The number of aliphatic hydroxyl groups excluding tert-OH is 1. The van der Waals surface area contributed by atoms with Crippen molar-refractivity contribution in [2.75, 3.05) is 0 Å². The van der Waals surface area contributed by atoms with Gasteiger partial charge in [-0.2, -0.15) is 0 Å². The highest BCUT2D eigenvalue weighted by atomic mass is 16.4. The first-order chi connectivity index (χ1) is 16.0. The summed E-state index contributed by atoms with van der Waals surface area (Å²) in [7, 11) is 0. The minimum atomic E-state index is -1.07. The number of aliphatic carboxylic acids is 1. The molecular weight excluding hydrogens is 440 g/mol. The van der Waals surface area contributed by atoms with E-state index in [-0.39, 0.29) is 39.8 Å². The van der Waals surface area contributed by atoms with E-state index in [1.807, 2.05) is 20.8 Å². The first-order valence-corrected chi connectivity index (χ1v) is 13.9. The van der Waals surface area contributed by atoms with Crippen molar-refractivity contribution in [3.05, 3.63) is 11.6 Å². The smallest absolute Gasteiger partial charge is 0.310 e. The van der Waals surface area contributed by atoms with E-state index in [0.29, 0.717) is 25.2 Å². The Morgan fingerprint density at radius 1 is 0.971 bits per heavy atom. The SMILES string of the molecule is C[C@@H]1CC[C@]2(C(=O)O)CC[C@]3(C)C(=CC[C@@H]4[C@]5(C)C[C@H](O)C(=O)C(C)(C)[C@@H]5CC[C@@]43C)[C@H]2[C@@]1(C)O. The molecule has 0 aliphatic heterocycles.